The summed E-state index contributed by atoms with van der Waals surface area (Å²) in [7, 11) is 0. The highest BCUT2D eigenvalue weighted by Crippen LogP contribution is 2.14. The molecule has 0 bridgehead atoms. The van der Waals surface area contributed by atoms with Crippen molar-refractivity contribution < 1.29 is 4.79 Å². The molecule has 13 heavy (non-hydrogen) atoms. The predicted octanol–water partition coefficient (Wildman–Crippen LogP) is 2.40. The van der Waals surface area contributed by atoms with Crippen molar-refractivity contribution in [1.29, 1.82) is 0 Å². The highest BCUT2D eigenvalue weighted by atomic mass is 16.1. The van der Waals surface area contributed by atoms with Crippen molar-refractivity contribution in [3.05, 3.63) is 11.1 Å². The second-order valence-electron chi connectivity index (χ2n) is 3.83. The first-order chi connectivity index (χ1) is 6.22. The smallest absolute Gasteiger partial charge is 0.246 e. The third kappa shape index (κ3) is 3.21. The SMILES string of the molecule is C/C1=C(\C)C(=O)NCCCCCC1. The second kappa shape index (κ2) is 5.05. The van der Waals surface area contributed by atoms with Crippen molar-refractivity contribution in [2.75, 3.05) is 6.54 Å². The molecule has 1 amide bonds. The summed E-state index contributed by atoms with van der Waals surface area (Å²) in [6.07, 6.45) is 5.97. The first-order valence-corrected chi connectivity index (χ1v) is 5.16. The molecule has 1 aliphatic heterocycles. The van der Waals surface area contributed by atoms with Crippen LogP contribution >= 0.6 is 0 Å². The molecule has 0 unspecified atom stereocenters. The van der Waals surface area contributed by atoms with Crippen LogP contribution < -0.4 is 5.32 Å². The van der Waals surface area contributed by atoms with Crippen LogP contribution in [0.15, 0.2) is 11.1 Å². The Morgan fingerprint density at radius 1 is 1.08 bits per heavy atom. The van der Waals surface area contributed by atoms with Crippen molar-refractivity contribution in [2.45, 2.75) is 46.0 Å². The Hall–Kier alpha value is -0.790. The van der Waals surface area contributed by atoms with E-state index in [4.69, 9.17) is 0 Å². The lowest BCUT2D eigenvalue weighted by Gasteiger charge is -2.11. The quantitative estimate of drug-likeness (QED) is 0.611. The number of rotatable bonds is 0. The van der Waals surface area contributed by atoms with Gasteiger partial charge in [0.15, 0.2) is 0 Å². The minimum atomic E-state index is 0.124. The van der Waals surface area contributed by atoms with E-state index in [2.05, 4.69) is 12.2 Å². The highest BCUT2D eigenvalue weighted by Gasteiger charge is 2.08. The molecule has 0 saturated carbocycles. The summed E-state index contributed by atoms with van der Waals surface area (Å²) in [5.74, 6) is 0.124. The van der Waals surface area contributed by atoms with Crippen LogP contribution in [0.25, 0.3) is 0 Å². The van der Waals surface area contributed by atoms with Gasteiger partial charge in [-0.25, -0.2) is 0 Å². The molecule has 2 nitrogen and oxygen atoms in total. The van der Waals surface area contributed by atoms with Gasteiger partial charge in [-0.2, -0.15) is 0 Å². The molecular weight excluding hydrogens is 162 g/mol. The van der Waals surface area contributed by atoms with Crippen LogP contribution in [0.4, 0.5) is 0 Å². The van der Waals surface area contributed by atoms with Gasteiger partial charge in [0.1, 0.15) is 0 Å². The van der Waals surface area contributed by atoms with E-state index in [9.17, 15) is 4.79 Å². The van der Waals surface area contributed by atoms with Gasteiger partial charge in [-0.3, -0.25) is 4.79 Å². The number of amides is 1. The third-order valence-corrected chi connectivity index (χ3v) is 2.74. The van der Waals surface area contributed by atoms with Crippen LogP contribution in [0.1, 0.15) is 46.0 Å². The number of carbonyl (C=O) groups excluding carboxylic acids is 1. The maximum atomic E-state index is 11.5. The Morgan fingerprint density at radius 3 is 2.54 bits per heavy atom. The maximum Gasteiger partial charge on any atom is 0.246 e. The van der Waals surface area contributed by atoms with Gasteiger partial charge >= 0.3 is 0 Å². The molecule has 2 heteroatoms. The molecule has 0 saturated heterocycles. The molecule has 74 valence electrons. The number of nitrogens with one attached hydrogen (secondary N) is 1. The van der Waals surface area contributed by atoms with Crippen molar-refractivity contribution in [3.63, 3.8) is 0 Å². The Balaban J connectivity index is 2.64. The molecule has 0 atom stereocenters. The summed E-state index contributed by atoms with van der Waals surface area (Å²) in [6, 6.07) is 0. The fourth-order valence-corrected chi connectivity index (χ4v) is 1.58. The summed E-state index contributed by atoms with van der Waals surface area (Å²) >= 11 is 0. The molecule has 0 aromatic heterocycles. The molecule has 0 aliphatic carbocycles. The highest BCUT2D eigenvalue weighted by molar-refractivity contribution is 5.93. The minimum Gasteiger partial charge on any atom is -0.352 e. The molecule has 0 spiro atoms. The lowest BCUT2D eigenvalue weighted by Crippen LogP contribution is -2.26. The van der Waals surface area contributed by atoms with Crippen molar-refractivity contribution in [1.82, 2.24) is 5.32 Å². The van der Waals surface area contributed by atoms with Gasteiger partial charge < -0.3 is 5.32 Å². The fraction of sp³-hybridized carbons (Fsp3) is 0.727. The summed E-state index contributed by atoms with van der Waals surface area (Å²) in [4.78, 5) is 11.5. The van der Waals surface area contributed by atoms with Gasteiger partial charge in [-0.1, -0.05) is 18.4 Å². The van der Waals surface area contributed by atoms with Gasteiger partial charge in [0, 0.05) is 12.1 Å². The van der Waals surface area contributed by atoms with Crippen LogP contribution in [-0.4, -0.2) is 12.5 Å². The van der Waals surface area contributed by atoms with Crippen molar-refractivity contribution in [2.24, 2.45) is 0 Å². The fourth-order valence-electron chi connectivity index (χ4n) is 1.58. The van der Waals surface area contributed by atoms with Crippen LogP contribution in [0.2, 0.25) is 0 Å². The van der Waals surface area contributed by atoms with Crippen molar-refractivity contribution >= 4 is 5.91 Å². The zero-order chi connectivity index (χ0) is 9.68. The lowest BCUT2D eigenvalue weighted by molar-refractivity contribution is -0.117. The molecule has 1 heterocycles. The summed E-state index contributed by atoms with van der Waals surface area (Å²) in [5.41, 5.74) is 2.17. The largest absolute Gasteiger partial charge is 0.352 e. The first kappa shape index (κ1) is 10.3. The molecular formula is C11H19NO. The van der Waals surface area contributed by atoms with Crippen LogP contribution in [0, 0.1) is 0 Å². The maximum absolute atomic E-state index is 11.5. The minimum absolute atomic E-state index is 0.124. The molecule has 0 fully saturated rings. The van der Waals surface area contributed by atoms with E-state index >= 15 is 0 Å². The number of hydrogen-bond acceptors (Lipinski definition) is 1. The Labute approximate surface area is 80.4 Å². The Bertz CT molecular complexity index is 218. The first-order valence-electron chi connectivity index (χ1n) is 5.16. The van der Waals surface area contributed by atoms with Gasteiger partial charge in [-0.15, -0.1) is 0 Å². The van der Waals surface area contributed by atoms with Gasteiger partial charge in [0.05, 0.1) is 0 Å². The van der Waals surface area contributed by atoms with E-state index in [0.717, 1.165) is 25.0 Å². The Morgan fingerprint density at radius 2 is 1.77 bits per heavy atom. The number of allylic oxidation sites excluding steroid dienone is 1. The molecule has 1 rings (SSSR count). The van der Waals surface area contributed by atoms with Crippen LogP contribution in [0.5, 0.6) is 0 Å². The predicted molar refractivity (Wildman–Crippen MR) is 54.5 cm³/mol. The lowest BCUT2D eigenvalue weighted by atomic mass is 10.0. The third-order valence-electron chi connectivity index (χ3n) is 2.74. The Kier molecular flexibility index (Phi) is 4.00. The number of hydrogen-bond donors (Lipinski definition) is 1. The average Bonchev–Trinajstić information content (AvgIpc) is 2.13. The van der Waals surface area contributed by atoms with E-state index < -0.39 is 0 Å². The zero-order valence-electron chi connectivity index (χ0n) is 8.65. The van der Waals surface area contributed by atoms with Crippen LogP contribution in [0.3, 0.4) is 0 Å². The number of carbonyl (C=O) groups is 1. The molecule has 0 radical (unpaired) electrons. The molecule has 0 aromatic rings. The van der Waals surface area contributed by atoms with Crippen LogP contribution in [-0.2, 0) is 4.79 Å². The zero-order valence-corrected chi connectivity index (χ0v) is 8.65. The molecule has 0 aromatic carbocycles. The normalized spacial score (nSPS) is 26.8. The van der Waals surface area contributed by atoms with E-state index in [1.165, 1.54) is 24.8 Å². The standard InChI is InChI=1S/C11H19NO/c1-9-7-5-3-4-6-8-12-11(13)10(9)2/h3-8H2,1-2H3,(H,12,13)/b10-9-. The van der Waals surface area contributed by atoms with Gasteiger partial charge in [0.2, 0.25) is 5.91 Å². The van der Waals surface area contributed by atoms with E-state index in [1.54, 1.807) is 0 Å². The summed E-state index contributed by atoms with van der Waals surface area (Å²) < 4.78 is 0. The molecule has 1 aliphatic rings. The van der Waals surface area contributed by atoms with E-state index in [-0.39, 0.29) is 5.91 Å². The van der Waals surface area contributed by atoms with Gasteiger partial charge in [0.25, 0.3) is 0 Å². The molecule has 1 N–H and O–H groups in total. The van der Waals surface area contributed by atoms with Crippen molar-refractivity contribution in [3.8, 4) is 0 Å². The summed E-state index contributed by atoms with van der Waals surface area (Å²) in [5, 5.41) is 2.94. The summed E-state index contributed by atoms with van der Waals surface area (Å²) in [6.45, 7) is 4.83. The van der Waals surface area contributed by atoms with E-state index in [1.807, 2.05) is 6.92 Å². The van der Waals surface area contributed by atoms with E-state index in [0.29, 0.717) is 0 Å². The topological polar surface area (TPSA) is 29.1 Å². The average molecular weight is 181 g/mol. The van der Waals surface area contributed by atoms with Gasteiger partial charge in [-0.05, 0) is 33.1 Å². The monoisotopic (exact) mass is 181 g/mol. The second-order valence-corrected chi connectivity index (χ2v) is 3.83.